The molecule has 0 aromatic rings. The molecule has 0 aromatic heterocycles. The number of rotatable bonds is 3. The summed E-state index contributed by atoms with van der Waals surface area (Å²) in [5.74, 6) is -0.556. The third-order valence-electron chi connectivity index (χ3n) is 1.04. The van der Waals surface area contributed by atoms with Crippen LogP contribution < -0.4 is 5.73 Å². The van der Waals surface area contributed by atoms with E-state index < -0.39 is 12.0 Å². The maximum atomic E-state index is 10.1. The van der Waals surface area contributed by atoms with Gasteiger partial charge in [-0.2, -0.15) is 0 Å². The third-order valence-corrected chi connectivity index (χ3v) is 1.04. The minimum absolute atomic E-state index is 0. The number of nitrogens with two attached hydrogens (primary N) is 1. The molecule has 0 aliphatic rings. The normalized spacial score (nSPS) is 12.4. The van der Waals surface area contributed by atoms with Gasteiger partial charge in [-0.3, -0.25) is 4.79 Å². The molecule has 0 rings (SSSR count). The molecule has 3 nitrogen and oxygen atoms in total. The Morgan fingerprint density at radius 2 is 2.00 bits per heavy atom. The van der Waals surface area contributed by atoms with Gasteiger partial charge in [-0.15, -0.1) is 0 Å². The van der Waals surface area contributed by atoms with E-state index in [9.17, 15) is 4.79 Å². The van der Waals surface area contributed by atoms with Crippen LogP contribution in [0.5, 0.6) is 0 Å². The maximum absolute atomic E-state index is 10.1. The molecule has 0 saturated heterocycles. The molecular weight excluding hydrogens is 183 g/mol. The number of hydrogen-bond acceptors (Lipinski definition) is 2. The first-order chi connectivity index (χ1) is 4.04. The fourth-order valence-corrected chi connectivity index (χ4v) is 0.609. The molecule has 0 saturated carbocycles. The fraction of sp³-hybridized carbons (Fsp3) is 0.833. The van der Waals surface area contributed by atoms with E-state index in [-0.39, 0.29) is 19.5 Å². The van der Waals surface area contributed by atoms with Crippen LogP contribution in [0.2, 0.25) is 0 Å². The number of carboxylic acid groups (broad SMARTS) is 1. The van der Waals surface area contributed by atoms with Crippen molar-refractivity contribution >= 4 is 5.97 Å². The molecule has 0 amide bonds. The Morgan fingerprint density at radius 3 is 2.10 bits per heavy atom. The Hall–Kier alpha value is 0.0534. The van der Waals surface area contributed by atoms with Crippen LogP contribution in [0.1, 0.15) is 20.3 Å². The topological polar surface area (TPSA) is 63.3 Å². The first-order valence-electron chi connectivity index (χ1n) is 3.02. The van der Waals surface area contributed by atoms with Crippen LogP contribution in [0.4, 0.5) is 0 Å². The molecule has 0 radical (unpaired) electrons. The molecule has 0 bridgehead atoms. The van der Waals surface area contributed by atoms with Gasteiger partial charge in [0.15, 0.2) is 0 Å². The smallest absolute Gasteiger partial charge is 0.320 e. The van der Waals surface area contributed by atoms with Gasteiger partial charge >= 0.3 is 5.97 Å². The molecule has 0 spiro atoms. The van der Waals surface area contributed by atoms with E-state index in [1.165, 1.54) is 0 Å². The van der Waals surface area contributed by atoms with E-state index in [4.69, 9.17) is 10.8 Å². The monoisotopic (exact) mass is 195 g/mol. The van der Waals surface area contributed by atoms with Crippen molar-refractivity contribution in [3.8, 4) is 0 Å². The first-order valence-corrected chi connectivity index (χ1v) is 3.02. The number of carbonyl (C=O) groups is 1. The number of carboxylic acids is 1. The van der Waals surface area contributed by atoms with Crippen molar-refractivity contribution in [3.63, 3.8) is 0 Å². The first kappa shape index (κ1) is 12.7. The van der Waals surface area contributed by atoms with Crippen LogP contribution >= 0.6 is 0 Å². The second kappa shape index (κ2) is 5.81. The van der Waals surface area contributed by atoms with Crippen LogP contribution in [-0.4, -0.2) is 17.1 Å². The fourth-order valence-electron chi connectivity index (χ4n) is 0.609. The molecular formula is C6H13NO2Zn. The second-order valence-electron chi connectivity index (χ2n) is 2.57. The summed E-state index contributed by atoms with van der Waals surface area (Å²) in [6.07, 6.45) is 0.551. The van der Waals surface area contributed by atoms with E-state index in [0.29, 0.717) is 12.3 Å². The summed E-state index contributed by atoms with van der Waals surface area (Å²) >= 11 is 0. The van der Waals surface area contributed by atoms with Crippen molar-refractivity contribution < 1.29 is 29.4 Å². The van der Waals surface area contributed by atoms with Crippen molar-refractivity contribution in [1.82, 2.24) is 0 Å². The third kappa shape index (κ3) is 6.18. The Balaban J connectivity index is 0. The van der Waals surface area contributed by atoms with Crippen LogP contribution in [0.15, 0.2) is 0 Å². The summed E-state index contributed by atoms with van der Waals surface area (Å²) < 4.78 is 0. The van der Waals surface area contributed by atoms with Gasteiger partial charge in [-0.1, -0.05) is 13.8 Å². The van der Waals surface area contributed by atoms with E-state index >= 15 is 0 Å². The summed E-state index contributed by atoms with van der Waals surface area (Å²) in [4.78, 5) is 10.1. The predicted octanol–water partition coefficient (Wildman–Crippen LogP) is 0.442. The standard InChI is InChI=1S/C6H13NO2.Zn/c1-4(2)3-5(7)6(8)9;/h4-5H,3,7H2,1-2H3,(H,8,9);/t5-;/m0./s1. The maximum Gasteiger partial charge on any atom is 0.320 e. The quantitative estimate of drug-likeness (QED) is 0.644. The zero-order valence-corrected chi connectivity index (χ0v) is 9.47. The van der Waals surface area contributed by atoms with Gasteiger partial charge in [0, 0.05) is 19.5 Å². The van der Waals surface area contributed by atoms with Crippen LogP contribution in [0, 0.1) is 5.92 Å². The van der Waals surface area contributed by atoms with Gasteiger partial charge in [0.1, 0.15) is 6.04 Å². The molecule has 0 unspecified atom stereocenters. The second-order valence-corrected chi connectivity index (χ2v) is 2.57. The zero-order valence-electron chi connectivity index (χ0n) is 6.50. The molecule has 3 N–H and O–H groups in total. The van der Waals surface area contributed by atoms with E-state index in [0.717, 1.165) is 0 Å². The zero-order chi connectivity index (χ0) is 7.44. The van der Waals surface area contributed by atoms with Crippen LogP contribution in [-0.2, 0) is 24.3 Å². The van der Waals surface area contributed by atoms with Crippen molar-refractivity contribution in [2.75, 3.05) is 0 Å². The van der Waals surface area contributed by atoms with Gasteiger partial charge in [0.05, 0.1) is 0 Å². The number of aliphatic carboxylic acids is 1. The summed E-state index contributed by atoms with van der Waals surface area (Å²) in [6, 6.07) is -0.690. The molecule has 0 aliphatic carbocycles. The Bertz CT molecular complexity index is 106. The molecule has 0 aromatic carbocycles. The van der Waals surface area contributed by atoms with E-state index in [1.807, 2.05) is 13.8 Å². The Kier molecular flexibility index (Phi) is 7.38. The molecule has 0 fully saturated rings. The molecule has 10 heavy (non-hydrogen) atoms. The van der Waals surface area contributed by atoms with E-state index in [2.05, 4.69) is 0 Å². The largest absolute Gasteiger partial charge is 0.480 e. The van der Waals surface area contributed by atoms with Gasteiger partial charge in [0.2, 0.25) is 0 Å². The van der Waals surface area contributed by atoms with Gasteiger partial charge in [0.25, 0.3) is 0 Å². The van der Waals surface area contributed by atoms with Crippen LogP contribution in [0.3, 0.4) is 0 Å². The average molecular weight is 197 g/mol. The van der Waals surface area contributed by atoms with Gasteiger partial charge in [-0.25, -0.2) is 0 Å². The van der Waals surface area contributed by atoms with Crippen molar-refractivity contribution in [3.05, 3.63) is 0 Å². The van der Waals surface area contributed by atoms with Crippen LogP contribution in [0.25, 0.3) is 0 Å². The average Bonchev–Trinajstić information content (AvgIpc) is 1.63. The van der Waals surface area contributed by atoms with Gasteiger partial charge < -0.3 is 10.8 Å². The summed E-state index contributed by atoms with van der Waals surface area (Å²) in [5, 5.41) is 8.31. The van der Waals surface area contributed by atoms with Crippen molar-refractivity contribution in [1.29, 1.82) is 0 Å². The SMILES string of the molecule is CC(C)C[C@H](N)C(=O)O.[Zn]. The summed E-state index contributed by atoms with van der Waals surface area (Å²) in [7, 11) is 0. The predicted molar refractivity (Wildman–Crippen MR) is 35.1 cm³/mol. The molecule has 56 valence electrons. The number of hydrogen-bond donors (Lipinski definition) is 2. The Labute approximate surface area is 73.7 Å². The molecule has 0 heterocycles. The van der Waals surface area contributed by atoms with E-state index in [1.54, 1.807) is 0 Å². The summed E-state index contributed by atoms with van der Waals surface area (Å²) in [5.41, 5.74) is 5.22. The molecule has 0 aliphatic heterocycles. The molecule has 1 atom stereocenters. The summed E-state index contributed by atoms with van der Waals surface area (Å²) in [6.45, 7) is 3.89. The molecule has 4 heteroatoms. The minimum Gasteiger partial charge on any atom is -0.480 e. The van der Waals surface area contributed by atoms with Gasteiger partial charge in [-0.05, 0) is 12.3 Å². The minimum atomic E-state index is -0.913. The van der Waals surface area contributed by atoms with Crippen molar-refractivity contribution in [2.45, 2.75) is 26.3 Å². The Morgan fingerprint density at radius 1 is 1.60 bits per heavy atom. The van der Waals surface area contributed by atoms with Crippen molar-refractivity contribution in [2.24, 2.45) is 11.7 Å².